The molecule has 1 aromatic carbocycles. The fraction of sp³-hybridized carbons (Fsp3) is 0.467. The Kier molecular flexibility index (Phi) is 2.89. The van der Waals surface area contributed by atoms with Crippen LogP contribution in [0.3, 0.4) is 0 Å². The molecule has 0 unspecified atom stereocenters. The van der Waals surface area contributed by atoms with E-state index < -0.39 is 0 Å². The number of carbonyl (C=O) groups is 1. The van der Waals surface area contributed by atoms with Crippen molar-refractivity contribution in [3.63, 3.8) is 0 Å². The normalized spacial score (nSPS) is 20.1. The third-order valence-electron chi connectivity index (χ3n) is 4.86. The van der Waals surface area contributed by atoms with E-state index >= 15 is 0 Å². The molecule has 1 heterocycles. The summed E-state index contributed by atoms with van der Waals surface area (Å²) < 4.78 is 0.988. The zero-order valence-electron chi connectivity index (χ0n) is 12.0. The number of carbonyl (C=O) groups excluding carboxylic acids is 1. The van der Waals surface area contributed by atoms with E-state index in [2.05, 4.69) is 38.0 Å². The number of hydrogen-bond acceptors (Lipinski definition) is 3. The highest BCUT2D eigenvalue weighted by molar-refractivity contribution is 7.22. The SMILES string of the molecule is CC1(C)C(C(=O)Nc2nc3ccc(Cl)cc3s2)C1(C)C. The second-order valence-electron chi connectivity index (χ2n) is 6.50. The van der Waals surface area contributed by atoms with E-state index in [1.807, 2.05) is 18.2 Å². The molecule has 1 fully saturated rings. The number of hydrogen-bond donors (Lipinski definition) is 1. The van der Waals surface area contributed by atoms with E-state index in [1.165, 1.54) is 11.3 Å². The number of fused-ring (bicyclic) bond motifs is 1. The predicted molar refractivity (Wildman–Crippen MR) is 84.3 cm³/mol. The van der Waals surface area contributed by atoms with Crippen LogP contribution in [0, 0.1) is 16.7 Å². The van der Waals surface area contributed by atoms with Gasteiger partial charge in [-0.15, -0.1) is 0 Å². The molecule has 1 amide bonds. The molecule has 1 N–H and O–H groups in total. The fourth-order valence-corrected chi connectivity index (χ4v) is 4.13. The molecule has 106 valence electrons. The van der Waals surface area contributed by atoms with Crippen molar-refractivity contribution in [1.29, 1.82) is 0 Å². The Labute approximate surface area is 127 Å². The molecule has 0 atom stereocenters. The first-order valence-electron chi connectivity index (χ1n) is 6.60. The van der Waals surface area contributed by atoms with E-state index in [-0.39, 0.29) is 22.7 Å². The molecular formula is C15H17ClN2OS. The van der Waals surface area contributed by atoms with Crippen molar-refractivity contribution in [2.45, 2.75) is 27.7 Å². The van der Waals surface area contributed by atoms with E-state index in [1.54, 1.807) is 0 Å². The van der Waals surface area contributed by atoms with Crippen molar-refractivity contribution in [2.75, 3.05) is 5.32 Å². The van der Waals surface area contributed by atoms with E-state index in [9.17, 15) is 4.79 Å². The summed E-state index contributed by atoms with van der Waals surface area (Å²) in [6, 6.07) is 5.55. The highest BCUT2D eigenvalue weighted by Crippen LogP contribution is 2.68. The van der Waals surface area contributed by atoms with Crippen LogP contribution in [-0.2, 0) is 4.79 Å². The topological polar surface area (TPSA) is 42.0 Å². The van der Waals surface area contributed by atoms with Crippen LogP contribution in [0.25, 0.3) is 10.2 Å². The summed E-state index contributed by atoms with van der Waals surface area (Å²) in [5, 5.41) is 4.28. The van der Waals surface area contributed by atoms with Crippen molar-refractivity contribution >= 4 is 44.2 Å². The smallest absolute Gasteiger partial charge is 0.230 e. The maximum atomic E-state index is 12.4. The Balaban J connectivity index is 1.82. The average molecular weight is 309 g/mol. The third kappa shape index (κ3) is 1.93. The van der Waals surface area contributed by atoms with Crippen LogP contribution in [-0.4, -0.2) is 10.9 Å². The van der Waals surface area contributed by atoms with Gasteiger partial charge in [-0.1, -0.05) is 50.6 Å². The van der Waals surface area contributed by atoms with E-state index in [0.29, 0.717) is 10.2 Å². The van der Waals surface area contributed by atoms with Gasteiger partial charge in [0.05, 0.1) is 10.2 Å². The lowest BCUT2D eigenvalue weighted by atomic mass is 10.0. The Morgan fingerprint density at radius 2 is 1.95 bits per heavy atom. The van der Waals surface area contributed by atoms with Gasteiger partial charge in [0.25, 0.3) is 0 Å². The maximum Gasteiger partial charge on any atom is 0.230 e. The van der Waals surface area contributed by atoms with Crippen LogP contribution in [0.1, 0.15) is 27.7 Å². The van der Waals surface area contributed by atoms with Crippen molar-refractivity contribution in [1.82, 2.24) is 4.98 Å². The van der Waals surface area contributed by atoms with Crippen molar-refractivity contribution in [3.05, 3.63) is 23.2 Å². The molecule has 0 radical (unpaired) electrons. The van der Waals surface area contributed by atoms with E-state index in [0.717, 1.165) is 10.2 Å². The van der Waals surface area contributed by atoms with Gasteiger partial charge in [0, 0.05) is 10.9 Å². The average Bonchev–Trinajstić information content (AvgIpc) is 2.62. The summed E-state index contributed by atoms with van der Waals surface area (Å²) in [6.45, 7) is 8.54. The molecule has 20 heavy (non-hydrogen) atoms. The molecule has 0 spiro atoms. The van der Waals surface area contributed by atoms with E-state index in [4.69, 9.17) is 11.6 Å². The first kappa shape index (κ1) is 13.8. The second kappa shape index (κ2) is 4.18. The quantitative estimate of drug-likeness (QED) is 0.883. The number of halogens is 1. The lowest BCUT2D eigenvalue weighted by Crippen LogP contribution is -2.17. The molecule has 1 aliphatic rings. The molecule has 3 nitrogen and oxygen atoms in total. The minimum absolute atomic E-state index is 0.0330. The van der Waals surface area contributed by atoms with Gasteiger partial charge in [-0.25, -0.2) is 4.98 Å². The number of amides is 1. The summed E-state index contributed by atoms with van der Waals surface area (Å²) in [7, 11) is 0. The number of nitrogens with zero attached hydrogens (tertiary/aromatic N) is 1. The molecule has 0 aliphatic heterocycles. The highest BCUT2D eigenvalue weighted by atomic mass is 35.5. The Morgan fingerprint density at radius 3 is 2.55 bits per heavy atom. The zero-order valence-corrected chi connectivity index (χ0v) is 13.5. The predicted octanol–water partition coefficient (Wildman–Crippen LogP) is 4.57. The van der Waals surface area contributed by atoms with Crippen molar-refractivity contribution in [3.8, 4) is 0 Å². The van der Waals surface area contributed by atoms with Gasteiger partial charge < -0.3 is 5.32 Å². The Bertz CT molecular complexity index is 691. The maximum absolute atomic E-state index is 12.4. The molecule has 3 rings (SSSR count). The largest absolute Gasteiger partial charge is 0.302 e. The molecule has 0 bridgehead atoms. The molecule has 0 saturated heterocycles. The van der Waals surface area contributed by atoms with Crippen molar-refractivity contribution in [2.24, 2.45) is 16.7 Å². The zero-order chi connectivity index (χ0) is 14.7. The van der Waals surface area contributed by atoms with Crippen LogP contribution < -0.4 is 5.32 Å². The van der Waals surface area contributed by atoms with Crippen LogP contribution in [0.4, 0.5) is 5.13 Å². The number of anilines is 1. The van der Waals surface area contributed by atoms with Crippen LogP contribution >= 0.6 is 22.9 Å². The lowest BCUT2D eigenvalue weighted by Gasteiger charge is -2.03. The lowest BCUT2D eigenvalue weighted by molar-refractivity contribution is -0.118. The molecule has 2 aromatic rings. The fourth-order valence-electron chi connectivity index (χ4n) is 2.98. The van der Waals surface area contributed by atoms with Gasteiger partial charge >= 0.3 is 0 Å². The van der Waals surface area contributed by atoms with Gasteiger partial charge in [-0.05, 0) is 29.0 Å². The van der Waals surface area contributed by atoms with Gasteiger partial charge in [0.2, 0.25) is 5.91 Å². The number of benzene rings is 1. The van der Waals surface area contributed by atoms with Crippen LogP contribution in [0.5, 0.6) is 0 Å². The number of nitrogens with one attached hydrogen (secondary N) is 1. The second-order valence-corrected chi connectivity index (χ2v) is 7.96. The van der Waals surface area contributed by atoms with Crippen molar-refractivity contribution < 1.29 is 4.79 Å². The third-order valence-corrected chi connectivity index (χ3v) is 6.03. The van der Waals surface area contributed by atoms with Gasteiger partial charge in [-0.2, -0.15) is 0 Å². The molecular weight excluding hydrogens is 292 g/mol. The highest BCUT2D eigenvalue weighted by Gasteiger charge is 2.68. The van der Waals surface area contributed by atoms with Gasteiger partial charge in [-0.3, -0.25) is 4.79 Å². The number of rotatable bonds is 2. The summed E-state index contributed by atoms with van der Waals surface area (Å²) in [4.78, 5) is 16.8. The Morgan fingerprint density at radius 1 is 1.30 bits per heavy atom. The molecule has 1 aromatic heterocycles. The van der Waals surface area contributed by atoms with Crippen LogP contribution in [0.15, 0.2) is 18.2 Å². The van der Waals surface area contributed by atoms with Gasteiger partial charge in [0.15, 0.2) is 5.13 Å². The van der Waals surface area contributed by atoms with Gasteiger partial charge in [0.1, 0.15) is 0 Å². The summed E-state index contributed by atoms with van der Waals surface area (Å²) in [5.74, 6) is 0.0933. The summed E-state index contributed by atoms with van der Waals surface area (Å²) in [5.41, 5.74) is 0.942. The number of thiazole rings is 1. The Hall–Kier alpha value is -1.13. The molecule has 1 saturated carbocycles. The summed E-state index contributed by atoms with van der Waals surface area (Å²) in [6.07, 6.45) is 0. The molecule has 5 heteroatoms. The van der Waals surface area contributed by atoms with Crippen LogP contribution in [0.2, 0.25) is 5.02 Å². The first-order chi connectivity index (χ1) is 9.23. The monoisotopic (exact) mass is 308 g/mol. The molecule has 1 aliphatic carbocycles. The minimum Gasteiger partial charge on any atom is -0.302 e. The standard InChI is InChI=1S/C15H17ClN2OS/c1-14(2)11(15(14,3)4)12(19)18-13-17-9-6-5-8(16)7-10(9)20-13/h5-7,11H,1-4H3,(H,17,18,19). The number of aromatic nitrogens is 1. The minimum atomic E-state index is 0.0330. The summed E-state index contributed by atoms with van der Waals surface area (Å²) >= 11 is 7.42. The first-order valence-corrected chi connectivity index (χ1v) is 7.80.